The maximum absolute atomic E-state index is 12.7. The molecule has 1 aliphatic heterocycles. The molecule has 0 fully saturated rings. The second kappa shape index (κ2) is 3.92. The fourth-order valence-electron chi connectivity index (χ4n) is 2.01. The molecule has 1 aliphatic rings. The van der Waals surface area contributed by atoms with Crippen molar-refractivity contribution < 1.29 is 13.2 Å². The third-order valence-electron chi connectivity index (χ3n) is 2.87. The number of para-hydroxylation sites is 1. The molecule has 16 heavy (non-hydrogen) atoms. The molecule has 0 aliphatic carbocycles. The molecule has 0 amide bonds. The molecular formula is C12H12F3N. The van der Waals surface area contributed by atoms with Crippen LogP contribution in [-0.4, -0.2) is 11.9 Å². The van der Waals surface area contributed by atoms with Gasteiger partial charge in [-0.15, -0.1) is 0 Å². The molecule has 1 aromatic carbocycles. The van der Waals surface area contributed by atoms with E-state index >= 15 is 0 Å². The molecule has 86 valence electrons. The van der Waals surface area contributed by atoms with Crippen LogP contribution in [0.15, 0.2) is 29.3 Å². The predicted molar refractivity (Wildman–Crippen MR) is 57.1 cm³/mol. The lowest BCUT2D eigenvalue weighted by molar-refractivity contribution is -0.0632. The normalized spacial score (nSPS) is 20.2. The molecular weight excluding hydrogens is 215 g/mol. The van der Waals surface area contributed by atoms with E-state index in [1.807, 2.05) is 12.1 Å². The van der Waals surface area contributed by atoms with Gasteiger partial charge in [0.15, 0.2) is 0 Å². The Hall–Kier alpha value is -1.32. The molecule has 1 heterocycles. The zero-order valence-electron chi connectivity index (χ0n) is 8.88. The molecule has 2 rings (SSSR count). The Bertz CT molecular complexity index is 421. The minimum absolute atomic E-state index is 0.436. The number of hydrogen-bond acceptors (Lipinski definition) is 1. The molecule has 0 radical (unpaired) electrons. The van der Waals surface area contributed by atoms with Gasteiger partial charge in [-0.05, 0) is 24.5 Å². The first-order chi connectivity index (χ1) is 7.52. The van der Waals surface area contributed by atoms with E-state index in [1.54, 1.807) is 19.1 Å². The van der Waals surface area contributed by atoms with Crippen molar-refractivity contribution in [3.05, 3.63) is 29.8 Å². The van der Waals surface area contributed by atoms with Crippen LogP contribution in [0.1, 0.15) is 18.9 Å². The van der Waals surface area contributed by atoms with Crippen molar-refractivity contribution in [3.63, 3.8) is 0 Å². The van der Waals surface area contributed by atoms with Gasteiger partial charge in [0.1, 0.15) is 5.71 Å². The number of aliphatic imine (C=N–C) groups is 1. The van der Waals surface area contributed by atoms with Gasteiger partial charge in [-0.1, -0.05) is 25.1 Å². The molecule has 0 bridgehead atoms. The van der Waals surface area contributed by atoms with Gasteiger partial charge in [0.25, 0.3) is 0 Å². The minimum Gasteiger partial charge on any atom is -0.248 e. The molecule has 1 atom stereocenters. The third kappa shape index (κ3) is 1.96. The van der Waals surface area contributed by atoms with Crippen molar-refractivity contribution in [2.24, 2.45) is 10.9 Å². The summed E-state index contributed by atoms with van der Waals surface area (Å²) in [5.74, 6) is -0.505. The molecule has 0 aromatic heterocycles. The van der Waals surface area contributed by atoms with E-state index in [0.717, 1.165) is 5.56 Å². The Labute approximate surface area is 92.0 Å². The summed E-state index contributed by atoms with van der Waals surface area (Å²) in [5, 5.41) is 0. The van der Waals surface area contributed by atoms with Gasteiger partial charge in [-0.3, -0.25) is 0 Å². The van der Waals surface area contributed by atoms with E-state index in [9.17, 15) is 13.2 Å². The van der Waals surface area contributed by atoms with Crippen LogP contribution >= 0.6 is 0 Å². The molecule has 4 heteroatoms. The quantitative estimate of drug-likeness (QED) is 0.689. The molecule has 0 spiro atoms. The first kappa shape index (κ1) is 11.2. The molecule has 0 saturated carbocycles. The van der Waals surface area contributed by atoms with Gasteiger partial charge in [-0.2, -0.15) is 13.2 Å². The van der Waals surface area contributed by atoms with E-state index in [-0.39, 0.29) is 0 Å². The van der Waals surface area contributed by atoms with Crippen LogP contribution in [-0.2, 0) is 6.42 Å². The largest absolute Gasteiger partial charge is 0.429 e. The van der Waals surface area contributed by atoms with Crippen LogP contribution in [0.2, 0.25) is 0 Å². The van der Waals surface area contributed by atoms with Crippen LogP contribution in [0.4, 0.5) is 18.9 Å². The van der Waals surface area contributed by atoms with E-state index < -0.39 is 17.8 Å². The first-order valence-corrected chi connectivity index (χ1v) is 5.26. The van der Waals surface area contributed by atoms with E-state index in [1.165, 1.54) is 0 Å². The Balaban J connectivity index is 2.47. The van der Waals surface area contributed by atoms with Crippen molar-refractivity contribution in [2.45, 2.75) is 25.9 Å². The molecule has 1 unspecified atom stereocenters. The van der Waals surface area contributed by atoms with E-state index in [4.69, 9.17) is 0 Å². The average Bonchev–Trinajstić information content (AvgIpc) is 2.26. The van der Waals surface area contributed by atoms with Crippen LogP contribution in [0.5, 0.6) is 0 Å². The highest BCUT2D eigenvalue weighted by Gasteiger charge is 2.41. The Morgan fingerprint density at radius 3 is 2.62 bits per heavy atom. The van der Waals surface area contributed by atoms with E-state index in [2.05, 4.69) is 4.99 Å². The zero-order chi connectivity index (χ0) is 11.8. The van der Waals surface area contributed by atoms with Crippen LogP contribution < -0.4 is 0 Å². The number of alkyl halides is 3. The number of nitrogens with zero attached hydrogens (tertiary/aromatic N) is 1. The lowest BCUT2D eigenvalue weighted by atomic mass is 9.88. The summed E-state index contributed by atoms with van der Waals surface area (Å²) in [6, 6.07) is 7.02. The highest BCUT2D eigenvalue weighted by Crippen LogP contribution is 2.35. The number of halogens is 3. The van der Waals surface area contributed by atoms with Crippen molar-refractivity contribution in [3.8, 4) is 0 Å². The van der Waals surface area contributed by atoms with Gasteiger partial charge < -0.3 is 0 Å². The minimum atomic E-state index is -4.31. The van der Waals surface area contributed by atoms with Gasteiger partial charge in [0.2, 0.25) is 0 Å². The highest BCUT2D eigenvalue weighted by molar-refractivity contribution is 5.95. The summed E-state index contributed by atoms with van der Waals surface area (Å²) < 4.78 is 38.2. The Morgan fingerprint density at radius 2 is 2.00 bits per heavy atom. The number of fused-ring (bicyclic) bond motifs is 1. The van der Waals surface area contributed by atoms with Crippen molar-refractivity contribution in [1.29, 1.82) is 0 Å². The van der Waals surface area contributed by atoms with Crippen molar-refractivity contribution in [2.75, 3.05) is 0 Å². The topological polar surface area (TPSA) is 12.4 Å². The smallest absolute Gasteiger partial charge is 0.248 e. The van der Waals surface area contributed by atoms with Crippen LogP contribution in [0, 0.1) is 5.92 Å². The van der Waals surface area contributed by atoms with E-state index in [0.29, 0.717) is 18.5 Å². The van der Waals surface area contributed by atoms with Gasteiger partial charge in [-0.25, -0.2) is 4.99 Å². The fraction of sp³-hybridized carbons (Fsp3) is 0.417. The molecule has 1 aromatic rings. The predicted octanol–water partition coefficient (Wildman–Crippen LogP) is 3.90. The highest BCUT2D eigenvalue weighted by atomic mass is 19.4. The Kier molecular flexibility index (Phi) is 2.74. The second-order valence-corrected chi connectivity index (χ2v) is 3.93. The fourth-order valence-corrected chi connectivity index (χ4v) is 2.01. The number of rotatable bonds is 1. The summed E-state index contributed by atoms with van der Waals surface area (Å²) in [6.45, 7) is 1.76. The first-order valence-electron chi connectivity index (χ1n) is 5.26. The SMILES string of the molecule is CCC1Cc2ccccc2N=C1C(F)(F)F. The summed E-state index contributed by atoms with van der Waals surface area (Å²) in [5.41, 5.74) is 0.732. The third-order valence-corrected chi connectivity index (χ3v) is 2.87. The summed E-state index contributed by atoms with van der Waals surface area (Å²) >= 11 is 0. The molecule has 0 saturated heterocycles. The second-order valence-electron chi connectivity index (χ2n) is 3.93. The number of benzene rings is 1. The summed E-state index contributed by atoms with van der Waals surface area (Å²) in [6.07, 6.45) is -3.41. The van der Waals surface area contributed by atoms with Crippen molar-refractivity contribution in [1.82, 2.24) is 0 Å². The molecule has 1 nitrogen and oxygen atoms in total. The van der Waals surface area contributed by atoms with Gasteiger partial charge in [0.05, 0.1) is 5.69 Å². The van der Waals surface area contributed by atoms with Crippen molar-refractivity contribution >= 4 is 11.4 Å². The summed E-state index contributed by atoms with van der Waals surface area (Å²) in [4.78, 5) is 3.76. The summed E-state index contributed by atoms with van der Waals surface area (Å²) in [7, 11) is 0. The Morgan fingerprint density at radius 1 is 1.31 bits per heavy atom. The van der Waals surface area contributed by atoms with Crippen LogP contribution in [0.25, 0.3) is 0 Å². The molecule has 0 N–H and O–H groups in total. The maximum Gasteiger partial charge on any atom is 0.429 e. The van der Waals surface area contributed by atoms with Gasteiger partial charge in [0, 0.05) is 5.92 Å². The lowest BCUT2D eigenvalue weighted by Crippen LogP contribution is -2.33. The maximum atomic E-state index is 12.7. The van der Waals surface area contributed by atoms with Gasteiger partial charge >= 0.3 is 6.18 Å². The van der Waals surface area contributed by atoms with Crippen LogP contribution in [0.3, 0.4) is 0 Å². The average molecular weight is 227 g/mol. The lowest BCUT2D eigenvalue weighted by Gasteiger charge is -2.25. The standard InChI is InChI=1S/C12H12F3N/c1-2-8-7-9-5-3-4-6-10(9)16-11(8)12(13,14)15/h3-6,8H,2,7H2,1H3. The monoisotopic (exact) mass is 227 g/mol. The zero-order valence-corrected chi connectivity index (χ0v) is 8.88. The number of hydrogen-bond donors (Lipinski definition) is 0.